The molecule has 0 unspecified atom stereocenters. The summed E-state index contributed by atoms with van der Waals surface area (Å²) in [4.78, 5) is 25.6. The van der Waals surface area contributed by atoms with E-state index in [2.05, 4.69) is 0 Å². The summed E-state index contributed by atoms with van der Waals surface area (Å²) in [5.41, 5.74) is 0. The average Bonchev–Trinajstić information content (AvgIpc) is 0.722. The number of phosphoric acid groups is 1. The zero-order chi connectivity index (χ0) is 4.50. The van der Waals surface area contributed by atoms with E-state index in [1.54, 1.807) is 0 Å². The first-order valence-electron chi connectivity index (χ1n) is 0.730. The Morgan fingerprint density at radius 1 is 1.14 bits per heavy atom. The van der Waals surface area contributed by atoms with Crippen LogP contribution in [0.15, 0.2) is 0 Å². The summed E-state index contributed by atoms with van der Waals surface area (Å²) in [7, 11) is -5.39. The fraction of sp³-hybridized carbons (Fsp3) is 0. The van der Waals surface area contributed by atoms with Crippen molar-refractivity contribution in [3.8, 4) is 0 Å². The van der Waals surface area contributed by atoms with E-state index >= 15 is 0 Å². The third kappa shape index (κ3) is 129. The van der Waals surface area contributed by atoms with Gasteiger partial charge in [0, 0.05) is 0 Å². The van der Waals surface area contributed by atoms with E-state index in [0.29, 0.717) is 0 Å². The van der Waals surface area contributed by atoms with Crippen molar-refractivity contribution in [2.24, 2.45) is 0 Å². The largest absolute Gasteiger partial charge is 3.00 e. The summed E-state index contributed by atoms with van der Waals surface area (Å²) < 4.78 is 8.55. The predicted octanol–water partition coefficient (Wildman–Crippen LogP) is -5.82. The average molecular weight is 154 g/mol. The first-order chi connectivity index (χ1) is 2.00. The molecule has 0 aromatic carbocycles. The Hall–Kier alpha value is 1.24. The fourth-order valence-electron chi connectivity index (χ4n) is 0. The Balaban J connectivity index is -0.0000000800. The van der Waals surface area contributed by atoms with E-state index < -0.39 is 7.82 Å². The minimum absolute atomic E-state index is 0. The van der Waals surface area contributed by atoms with Crippen LogP contribution in [0.2, 0.25) is 0 Å². The molecule has 0 saturated carbocycles. The second kappa shape index (κ2) is 5.38. The first-order valence-corrected chi connectivity index (χ1v) is 2.19. The molecule has 0 aliphatic carbocycles. The first kappa shape index (κ1) is 15.7. The Morgan fingerprint density at radius 3 is 1.14 bits per heavy atom. The summed E-state index contributed by atoms with van der Waals surface area (Å²) in [6, 6.07) is 0. The zero-order valence-corrected chi connectivity index (χ0v) is 5.66. The summed E-state index contributed by atoms with van der Waals surface area (Å²) >= 11 is 0. The monoisotopic (exact) mass is 154 g/mol. The van der Waals surface area contributed by atoms with Crippen LogP contribution in [-0.4, -0.2) is 0 Å². The van der Waals surface area contributed by atoms with Crippen molar-refractivity contribution in [2.75, 3.05) is 0 Å². The normalized spacial score (nSPS) is 8.43. The van der Waals surface area contributed by atoms with Crippen molar-refractivity contribution in [3.63, 3.8) is 0 Å². The molecular weight excluding hydrogens is 154 g/mol. The molecule has 0 spiro atoms. The van der Waals surface area contributed by atoms with Crippen molar-refractivity contribution in [1.29, 1.82) is 0 Å². The smallest absolute Gasteiger partial charge is 0.822 e. The maximum Gasteiger partial charge on any atom is 3.00 e. The van der Waals surface area contributed by atoms with Gasteiger partial charge in [0.15, 0.2) is 0 Å². The van der Waals surface area contributed by atoms with Gasteiger partial charge in [-0.15, -0.1) is 0 Å². The summed E-state index contributed by atoms with van der Waals surface area (Å²) in [5.74, 6) is 0. The molecule has 35 valence electrons. The van der Waals surface area contributed by atoms with Gasteiger partial charge in [-0.1, -0.05) is 0 Å². The topological polar surface area (TPSA) is 86.2 Å². The van der Waals surface area contributed by atoms with Gasteiger partial charge in [-0.3, -0.25) is 0 Å². The number of hydrogen-bond donors (Lipinski definition) is 0. The van der Waals surface area contributed by atoms with Crippen molar-refractivity contribution in [1.82, 2.24) is 0 Å². The molecule has 1 radical (unpaired) electrons. The van der Waals surface area contributed by atoms with Crippen LogP contribution in [-0.2, 0) is 21.9 Å². The Morgan fingerprint density at radius 2 is 1.14 bits per heavy atom. The molecule has 0 aliphatic rings. The van der Waals surface area contributed by atoms with Crippen molar-refractivity contribution >= 4 is 7.82 Å². The summed E-state index contributed by atoms with van der Waals surface area (Å²) in [5, 5.41) is 0. The second-order valence-corrected chi connectivity index (χ2v) is 1.34. The second-order valence-electron chi connectivity index (χ2n) is 0.447. The van der Waals surface area contributed by atoms with E-state index in [9.17, 15) is 0 Å². The maximum atomic E-state index is 8.55. The molecule has 0 atom stereocenters. The van der Waals surface area contributed by atoms with Crippen LogP contribution < -0.4 is 33.5 Å². The van der Waals surface area contributed by atoms with Gasteiger partial charge >= 0.3 is 36.2 Å². The molecule has 0 saturated heterocycles. The van der Waals surface area contributed by atoms with Gasteiger partial charge in [-0.05, 0) is 0 Å². The Kier molecular flexibility index (Phi) is 12.1. The molecule has 4 nitrogen and oxygen atoms in total. The van der Waals surface area contributed by atoms with E-state index in [1.165, 1.54) is 0 Å². The third-order valence-electron chi connectivity index (χ3n) is 0. The molecular formula is CrLiO4P+. The van der Waals surface area contributed by atoms with Gasteiger partial charge in [0.05, 0.1) is 0 Å². The van der Waals surface area contributed by atoms with E-state index in [1.807, 2.05) is 0 Å². The van der Waals surface area contributed by atoms with Crippen LogP contribution in [0, 0.1) is 0 Å². The molecule has 0 aromatic heterocycles. The number of rotatable bonds is 0. The Labute approximate surface area is 63.5 Å². The quantitative estimate of drug-likeness (QED) is 0.257. The van der Waals surface area contributed by atoms with Gasteiger partial charge in [0.2, 0.25) is 0 Å². The van der Waals surface area contributed by atoms with Gasteiger partial charge < -0.3 is 19.2 Å². The van der Waals surface area contributed by atoms with Crippen molar-refractivity contribution < 1.29 is 55.5 Å². The molecule has 0 aromatic rings. The van der Waals surface area contributed by atoms with Crippen molar-refractivity contribution in [2.45, 2.75) is 0 Å². The molecule has 0 fully saturated rings. The molecule has 7 heteroatoms. The molecule has 0 bridgehead atoms. The van der Waals surface area contributed by atoms with Crippen LogP contribution in [0.4, 0.5) is 0 Å². The van der Waals surface area contributed by atoms with Gasteiger partial charge in [-0.25, -0.2) is 0 Å². The fourth-order valence-corrected chi connectivity index (χ4v) is 0. The van der Waals surface area contributed by atoms with Crippen LogP contribution in [0.25, 0.3) is 0 Å². The number of hydrogen-bond acceptors (Lipinski definition) is 4. The summed E-state index contributed by atoms with van der Waals surface area (Å²) in [6.07, 6.45) is 0. The summed E-state index contributed by atoms with van der Waals surface area (Å²) in [6.45, 7) is 0. The minimum Gasteiger partial charge on any atom is -0.822 e. The Bertz CT molecular complexity index is 57.8. The zero-order valence-electron chi connectivity index (χ0n) is 3.49. The SMILES string of the molecule is O=P([O-])([O-])[O-].[Cr+3].[Li+]. The van der Waals surface area contributed by atoms with E-state index in [0.717, 1.165) is 0 Å². The molecule has 0 N–H and O–H groups in total. The minimum atomic E-state index is -5.39. The molecule has 0 amide bonds. The van der Waals surface area contributed by atoms with Crippen LogP contribution in [0.3, 0.4) is 0 Å². The standard InChI is InChI=1S/Cr.Li.H3O4P/c;;1-5(2,3)4/h;;(H3,1,2,3,4)/q+3;+1;/p-3. The third-order valence-corrected chi connectivity index (χ3v) is 0. The molecule has 0 aliphatic heterocycles. The predicted molar refractivity (Wildman–Crippen MR) is 7.61 cm³/mol. The van der Waals surface area contributed by atoms with Gasteiger partial charge in [0.1, 0.15) is 0 Å². The molecule has 0 rings (SSSR count). The van der Waals surface area contributed by atoms with Crippen molar-refractivity contribution in [3.05, 3.63) is 0 Å². The maximum absolute atomic E-state index is 8.55. The van der Waals surface area contributed by atoms with E-state index in [-0.39, 0.29) is 36.2 Å². The van der Waals surface area contributed by atoms with Crippen LogP contribution in [0.5, 0.6) is 0 Å². The van der Waals surface area contributed by atoms with Gasteiger partial charge in [0.25, 0.3) is 0 Å². The van der Waals surface area contributed by atoms with Crippen LogP contribution >= 0.6 is 7.82 Å². The molecule has 7 heavy (non-hydrogen) atoms. The van der Waals surface area contributed by atoms with Gasteiger partial charge in [-0.2, -0.15) is 7.82 Å². The van der Waals surface area contributed by atoms with E-state index in [4.69, 9.17) is 19.2 Å². The van der Waals surface area contributed by atoms with Crippen LogP contribution in [0.1, 0.15) is 0 Å². The molecule has 0 heterocycles.